The maximum atomic E-state index is 13.1. The fourth-order valence-corrected chi connectivity index (χ4v) is 5.35. The van der Waals surface area contributed by atoms with Crippen LogP contribution < -0.4 is 5.69 Å². The molecule has 4 aromatic rings. The molecule has 5 rings (SSSR count). The van der Waals surface area contributed by atoms with E-state index in [-0.39, 0.29) is 23.9 Å². The van der Waals surface area contributed by atoms with Crippen LogP contribution in [0.1, 0.15) is 43.4 Å². The Morgan fingerprint density at radius 2 is 1.55 bits per heavy atom. The standard InChI is InChI=1S/C31H36N4O3/c1-24(34(21-25-11-4-2-5-12-25)22-26-13-6-3-7-14-26)23-38-31(37)33-19-10-15-27(18-20-33)35-29-17-9-8-16-28(29)32-30(35)36/h2-9,11-14,16-17,24,27H,10,15,18-23H2,1H3,(H,32,36). The van der Waals surface area contributed by atoms with Gasteiger partial charge in [0.05, 0.1) is 11.0 Å². The molecule has 0 aliphatic carbocycles. The molecule has 0 saturated carbocycles. The highest BCUT2D eigenvalue weighted by Crippen LogP contribution is 2.25. The summed E-state index contributed by atoms with van der Waals surface area (Å²) < 4.78 is 7.70. The highest BCUT2D eigenvalue weighted by atomic mass is 16.6. The van der Waals surface area contributed by atoms with Gasteiger partial charge in [-0.1, -0.05) is 72.8 Å². The molecule has 1 amide bonds. The van der Waals surface area contributed by atoms with Crippen LogP contribution in [0.15, 0.2) is 89.7 Å². The Labute approximate surface area is 223 Å². The summed E-state index contributed by atoms with van der Waals surface area (Å²) in [5.74, 6) is 0. The van der Waals surface area contributed by atoms with Crippen LogP contribution in [-0.4, -0.2) is 51.2 Å². The molecule has 3 aromatic carbocycles. The highest BCUT2D eigenvalue weighted by Gasteiger charge is 2.25. The van der Waals surface area contributed by atoms with E-state index in [9.17, 15) is 9.59 Å². The Morgan fingerprint density at radius 1 is 0.921 bits per heavy atom. The van der Waals surface area contributed by atoms with E-state index >= 15 is 0 Å². The van der Waals surface area contributed by atoms with E-state index < -0.39 is 0 Å². The third-order valence-electron chi connectivity index (χ3n) is 7.47. The lowest BCUT2D eigenvalue weighted by atomic mass is 10.1. The number of rotatable bonds is 8. The fourth-order valence-electron chi connectivity index (χ4n) is 5.35. The molecular formula is C31H36N4O3. The van der Waals surface area contributed by atoms with Crippen molar-refractivity contribution in [2.75, 3.05) is 19.7 Å². The first-order valence-corrected chi connectivity index (χ1v) is 13.5. The van der Waals surface area contributed by atoms with Gasteiger partial charge in [-0.15, -0.1) is 0 Å². The third-order valence-corrected chi connectivity index (χ3v) is 7.47. The van der Waals surface area contributed by atoms with Crippen molar-refractivity contribution in [1.29, 1.82) is 0 Å². The number of benzene rings is 3. The van der Waals surface area contributed by atoms with Gasteiger partial charge in [0.2, 0.25) is 0 Å². The van der Waals surface area contributed by atoms with Crippen molar-refractivity contribution >= 4 is 17.1 Å². The Balaban J connectivity index is 1.20. The van der Waals surface area contributed by atoms with E-state index in [1.165, 1.54) is 11.1 Å². The lowest BCUT2D eigenvalue weighted by Crippen LogP contribution is -2.39. The number of ether oxygens (including phenoxy) is 1. The first kappa shape index (κ1) is 25.8. The van der Waals surface area contributed by atoms with Crippen LogP contribution in [0.3, 0.4) is 0 Å². The Kier molecular flexibility index (Phi) is 8.24. The zero-order chi connectivity index (χ0) is 26.3. The summed E-state index contributed by atoms with van der Waals surface area (Å²) >= 11 is 0. The zero-order valence-corrected chi connectivity index (χ0v) is 22.0. The first-order valence-electron chi connectivity index (χ1n) is 13.5. The Hall–Kier alpha value is -3.84. The van der Waals surface area contributed by atoms with Gasteiger partial charge in [-0.2, -0.15) is 0 Å². The predicted octanol–water partition coefficient (Wildman–Crippen LogP) is 5.58. The number of hydrogen-bond acceptors (Lipinski definition) is 4. The minimum absolute atomic E-state index is 0.0453. The monoisotopic (exact) mass is 512 g/mol. The number of para-hydroxylation sites is 2. The van der Waals surface area contributed by atoms with Crippen molar-refractivity contribution in [3.05, 3.63) is 107 Å². The van der Waals surface area contributed by atoms with Gasteiger partial charge < -0.3 is 14.6 Å². The minimum Gasteiger partial charge on any atom is -0.448 e. The quantitative estimate of drug-likeness (QED) is 0.334. The lowest BCUT2D eigenvalue weighted by Gasteiger charge is -2.30. The number of amides is 1. The summed E-state index contributed by atoms with van der Waals surface area (Å²) in [5.41, 5.74) is 4.14. The van der Waals surface area contributed by atoms with Crippen molar-refractivity contribution in [1.82, 2.24) is 19.4 Å². The Morgan fingerprint density at radius 3 is 2.24 bits per heavy atom. The molecule has 0 radical (unpaired) electrons. The predicted molar refractivity (Wildman–Crippen MR) is 150 cm³/mol. The van der Waals surface area contributed by atoms with Crippen LogP contribution in [0, 0.1) is 0 Å². The number of nitrogens with one attached hydrogen (secondary N) is 1. The van der Waals surface area contributed by atoms with Crippen LogP contribution in [0.2, 0.25) is 0 Å². The number of carbonyl (C=O) groups is 1. The van der Waals surface area contributed by atoms with Crippen molar-refractivity contribution in [3.8, 4) is 0 Å². The summed E-state index contributed by atoms with van der Waals surface area (Å²) in [6.45, 7) is 5.19. The summed E-state index contributed by atoms with van der Waals surface area (Å²) in [6, 6.07) is 28.7. The van der Waals surface area contributed by atoms with E-state index in [1.807, 2.05) is 41.0 Å². The molecule has 38 heavy (non-hydrogen) atoms. The second-order valence-corrected chi connectivity index (χ2v) is 10.2. The topological polar surface area (TPSA) is 70.6 Å². The number of aromatic amines is 1. The number of imidazole rings is 1. The molecule has 1 aliphatic heterocycles. The molecule has 2 unspecified atom stereocenters. The van der Waals surface area contributed by atoms with Gasteiger partial charge in [0.15, 0.2) is 0 Å². The van der Waals surface area contributed by atoms with Gasteiger partial charge in [-0.25, -0.2) is 9.59 Å². The van der Waals surface area contributed by atoms with Crippen molar-refractivity contribution < 1.29 is 9.53 Å². The highest BCUT2D eigenvalue weighted by molar-refractivity contribution is 5.75. The molecule has 1 saturated heterocycles. The molecule has 1 fully saturated rings. The molecule has 198 valence electrons. The smallest absolute Gasteiger partial charge is 0.409 e. The summed E-state index contributed by atoms with van der Waals surface area (Å²) in [4.78, 5) is 32.8. The first-order chi connectivity index (χ1) is 18.6. The van der Waals surface area contributed by atoms with Gasteiger partial charge in [-0.3, -0.25) is 9.47 Å². The molecule has 7 nitrogen and oxygen atoms in total. The van der Waals surface area contributed by atoms with Crippen LogP contribution in [0.5, 0.6) is 0 Å². The summed E-state index contributed by atoms with van der Waals surface area (Å²) in [7, 11) is 0. The third kappa shape index (κ3) is 6.17. The summed E-state index contributed by atoms with van der Waals surface area (Å²) in [6.07, 6.45) is 2.13. The molecule has 2 atom stereocenters. The summed E-state index contributed by atoms with van der Waals surface area (Å²) in [5, 5.41) is 0. The fraction of sp³-hybridized carbons (Fsp3) is 0.355. The molecule has 1 N–H and O–H groups in total. The van der Waals surface area contributed by atoms with E-state index in [0.717, 1.165) is 43.4 Å². The van der Waals surface area contributed by atoms with Crippen LogP contribution in [0.4, 0.5) is 4.79 Å². The largest absolute Gasteiger partial charge is 0.448 e. The number of nitrogens with zero attached hydrogens (tertiary/aromatic N) is 3. The van der Waals surface area contributed by atoms with Gasteiger partial charge in [0.1, 0.15) is 6.61 Å². The van der Waals surface area contributed by atoms with Crippen molar-refractivity contribution in [2.45, 2.75) is 51.4 Å². The number of H-pyrrole nitrogens is 1. The average molecular weight is 513 g/mol. The average Bonchev–Trinajstić information content (AvgIpc) is 3.10. The van der Waals surface area contributed by atoms with E-state index in [0.29, 0.717) is 19.7 Å². The van der Waals surface area contributed by atoms with Crippen LogP contribution in [0.25, 0.3) is 11.0 Å². The number of hydrogen-bond donors (Lipinski definition) is 1. The molecule has 2 heterocycles. The SMILES string of the molecule is CC(COC(=O)N1CCCC(n2c(=O)[nH]c3ccccc32)CC1)N(Cc1ccccc1)Cc1ccccc1. The lowest BCUT2D eigenvalue weighted by molar-refractivity contribution is 0.0646. The second kappa shape index (κ2) is 12.1. The van der Waals surface area contributed by atoms with Crippen LogP contribution in [-0.2, 0) is 17.8 Å². The number of aromatic nitrogens is 2. The number of likely N-dealkylation sites (tertiary alicyclic amines) is 1. The molecular weight excluding hydrogens is 476 g/mol. The maximum absolute atomic E-state index is 13.1. The van der Waals surface area contributed by atoms with Gasteiger partial charge >= 0.3 is 11.8 Å². The van der Waals surface area contributed by atoms with Gasteiger partial charge in [-0.05, 0) is 49.4 Å². The molecule has 7 heteroatoms. The van der Waals surface area contributed by atoms with E-state index in [1.54, 1.807) is 4.90 Å². The normalized spacial score (nSPS) is 16.9. The Bertz CT molecular complexity index is 1340. The van der Waals surface area contributed by atoms with E-state index in [2.05, 4.69) is 65.3 Å². The van der Waals surface area contributed by atoms with Crippen molar-refractivity contribution in [2.24, 2.45) is 0 Å². The van der Waals surface area contributed by atoms with Crippen molar-refractivity contribution in [3.63, 3.8) is 0 Å². The number of fused-ring (bicyclic) bond motifs is 1. The molecule has 1 aromatic heterocycles. The van der Waals surface area contributed by atoms with E-state index in [4.69, 9.17) is 4.74 Å². The van der Waals surface area contributed by atoms with Crippen LogP contribution >= 0.6 is 0 Å². The zero-order valence-electron chi connectivity index (χ0n) is 22.0. The van der Waals surface area contributed by atoms with Gasteiger partial charge in [0, 0.05) is 38.3 Å². The second-order valence-electron chi connectivity index (χ2n) is 10.2. The minimum atomic E-state index is -0.275. The molecule has 0 bridgehead atoms. The molecule has 0 spiro atoms. The molecule has 1 aliphatic rings. The maximum Gasteiger partial charge on any atom is 0.409 e. The number of carbonyl (C=O) groups excluding carboxylic acids is 1. The van der Waals surface area contributed by atoms with Gasteiger partial charge in [0.25, 0.3) is 0 Å².